The molecule has 1 aromatic heterocycles. The van der Waals surface area contributed by atoms with Gasteiger partial charge in [-0.25, -0.2) is 4.98 Å². The standard InChI is InChI=1S/C9H13N5O3/c1-10-9-11-6-7(14(15)16)8(12-9)13-2-4-17-5-3-13/h6H,2-5H2,1H3,(H,10,11,12). The van der Waals surface area contributed by atoms with Crippen LogP contribution in [0.4, 0.5) is 17.5 Å². The first kappa shape index (κ1) is 11.5. The monoisotopic (exact) mass is 239 g/mol. The Balaban J connectivity index is 2.36. The van der Waals surface area contributed by atoms with Crippen LogP contribution < -0.4 is 10.2 Å². The smallest absolute Gasteiger partial charge is 0.329 e. The van der Waals surface area contributed by atoms with E-state index < -0.39 is 4.92 Å². The number of nitrogens with one attached hydrogen (secondary N) is 1. The summed E-state index contributed by atoms with van der Waals surface area (Å²) in [7, 11) is 1.67. The van der Waals surface area contributed by atoms with Crippen LogP contribution in [0.5, 0.6) is 0 Å². The Hall–Kier alpha value is -1.96. The molecule has 0 atom stereocenters. The largest absolute Gasteiger partial charge is 0.378 e. The minimum Gasteiger partial charge on any atom is -0.378 e. The van der Waals surface area contributed by atoms with Crippen LogP contribution in [0.2, 0.25) is 0 Å². The molecule has 1 aromatic rings. The average molecular weight is 239 g/mol. The molecule has 0 aromatic carbocycles. The van der Waals surface area contributed by atoms with Crippen molar-refractivity contribution in [1.82, 2.24) is 9.97 Å². The number of hydrogen-bond acceptors (Lipinski definition) is 7. The predicted molar refractivity (Wildman–Crippen MR) is 61.3 cm³/mol. The maximum atomic E-state index is 10.9. The summed E-state index contributed by atoms with van der Waals surface area (Å²) < 4.78 is 5.21. The van der Waals surface area contributed by atoms with Crippen molar-refractivity contribution in [2.75, 3.05) is 43.6 Å². The molecular formula is C9H13N5O3. The van der Waals surface area contributed by atoms with E-state index in [1.54, 1.807) is 7.05 Å². The van der Waals surface area contributed by atoms with Gasteiger partial charge in [0.15, 0.2) is 0 Å². The summed E-state index contributed by atoms with van der Waals surface area (Å²) in [5.41, 5.74) is -0.0779. The van der Waals surface area contributed by atoms with Crippen LogP contribution in [0.15, 0.2) is 6.20 Å². The van der Waals surface area contributed by atoms with Crippen LogP contribution in [0.3, 0.4) is 0 Å². The van der Waals surface area contributed by atoms with Crippen molar-refractivity contribution in [3.63, 3.8) is 0 Å². The predicted octanol–water partition coefficient (Wildman–Crippen LogP) is 0.263. The fourth-order valence-corrected chi connectivity index (χ4v) is 1.62. The van der Waals surface area contributed by atoms with E-state index in [1.807, 2.05) is 4.90 Å². The van der Waals surface area contributed by atoms with Crippen molar-refractivity contribution in [3.8, 4) is 0 Å². The average Bonchev–Trinajstić information content (AvgIpc) is 2.39. The van der Waals surface area contributed by atoms with E-state index in [4.69, 9.17) is 4.74 Å². The summed E-state index contributed by atoms with van der Waals surface area (Å²) in [6.07, 6.45) is 1.23. The molecule has 1 fully saturated rings. The lowest BCUT2D eigenvalue weighted by molar-refractivity contribution is -0.384. The van der Waals surface area contributed by atoms with Gasteiger partial charge in [0.2, 0.25) is 11.8 Å². The number of anilines is 2. The third kappa shape index (κ3) is 2.41. The summed E-state index contributed by atoms with van der Waals surface area (Å²) >= 11 is 0. The fraction of sp³-hybridized carbons (Fsp3) is 0.556. The lowest BCUT2D eigenvalue weighted by Gasteiger charge is -2.27. The van der Waals surface area contributed by atoms with Crippen LogP contribution in [-0.4, -0.2) is 48.2 Å². The molecule has 92 valence electrons. The third-order valence-corrected chi connectivity index (χ3v) is 2.48. The van der Waals surface area contributed by atoms with Crippen molar-refractivity contribution >= 4 is 17.5 Å². The number of aromatic nitrogens is 2. The van der Waals surface area contributed by atoms with Gasteiger partial charge in [-0.15, -0.1) is 0 Å². The van der Waals surface area contributed by atoms with Crippen LogP contribution in [0.25, 0.3) is 0 Å². The maximum absolute atomic E-state index is 10.9. The van der Waals surface area contributed by atoms with Gasteiger partial charge in [-0.1, -0.05) is 0 Å². The quantitative estimate of drug-likeness (QED) is 0.597. The Morgan fingerprint density at radius 3 is 2.82 bits per heavy atom. The second-order valence-electron chi connectivity index (χ2n) is 3.51. The van der Waals surface area contributed by atoms with Crippen molar-refractivity contribution in [3.05, 3.63) is 16.3 Å². The van der Waals surface area contributed by atoms with Gasteiger partial charge in [0, 0.05) is 20.1 Å². The fourth-order valence-electron chi connectivity index (χ4n) is 1.62. The second kappa shape index (κ2) is 4.91. The molecule has 1 aliphatic rings. The van der Waals surface area contributed by atoms with Gasteiger partial charge in [-0.2, -0.15) is 4.98 Å². The number of ether oxygens (including phenoxy) is 1. The van der Waals surface area contributed by atoms with E-state index in [0.29, 0.717) is 38.1 Å². The van der Waals surface area contributed by atoms with E-state index in [0.717, 1.165) is 0 Å². The lowest BCUT2D eigenvalue weighted by Crippen LogP contribution is -2.37. The Morgan fingerprint density at radius 2 is 2.24 bits per heavy atom. The molecule has 1 N–H and O–H groups in total. The SMILES string of the molecule is CNc1ncc([N+](=O)[O-])c(N2CCOCC2)n1. The Morgan fingerprint density at radius 1 is 1.53 bits per heavy atom. The number of nitrogens with zero attached hydrogens (tertiary/aromatic N) is 4. The number of morpholine rings is 1. The highest BCUT2D eigenvalue weighted by Crippen LogP contribution is 2.26. The highest BCUT2D eigenvalue weighted by Gasteiger charge is 2.24. The van der Waals surface area contributed by atoms with Gasteiger partial charge < -0.3 is 15.0 Å². The van der Waals surface area contributed by atoms with E-state index >= 15 is 0 Å². The molecule has 1 saturated heterocycles. The van der Waals surface area contributed by atoms with E-state index in [-0.39, 0.29) is 5.69 Å². The van der Waals surface area contributed by atoms with Crippen molar-refractivity contribution in [2.45, 2.75) is 0 Å². The van der Waals surface area contributed by atoms with Gasteiger partial charge >= 0.3 is 5.69 Å². The summed E-state index contributed by atoms with van der Waals surface area (Å²) in [4.78, 5) is 20.3. The van der Waals surface area contributed by atoms with Gasteiger partial charge in [0.05, 0.1) is 18.1 Å². The summed E-state index contributed by atoms with van der Waals surface area (Å²) in [6, 6.07) is 0. The van der Waals surface area contributed by atoms with Gasteiger partial charge in [0.25, 0.3) is 0 Å². The molecule has 2 rings (SSSR count). The first-order chi connectivity index (χ1) is 8.22. The molecule has 0 amide bonds. The minimum atomic E-state index is -0.468. The van der Waals surface area contributed by atoms with E-state index in [2.05, 4.69) is 15.3 Å². The third-order valence-electron chi connectivity index (χ3n) is 2.48. The van der Waals surface area contributed by atoms with Gasteiger partial charge in [-0.3, -0.25) is 10.1 Å². The topological polar surface area (TPSA) is 93.4 Å². The summed E-state index contributed by atoms with van der Waals surface area (Å²) in [5, 5.41) is 13.7. The Bertz CT molecular complexity index is 419. The molecule has 8 nitrogen and oxygen atoms in total. The molecule has 2 heterocycles. The van der Waals surface area contributed by atoms with Crippen LogP contribution >= 0.6 is 0 Å². The first-order valence-electron chi connectivity index (χ1n) is 5.24. The zero-order chi connectivity index (χ0) is 12.3. The Kier molecular flexibility index (Phi) is 3.33. The number of hydrogen-bond donors (Lipinski definition) is 1. The molecule has 0 unspecified atom stereocenters. The zero-order valence-corrected chi connectivity index (χ0v) is 9.42. The normalized spacial score (nSPS) is 15.7. The minimum absolute atomic E-state index is 0.0779. The molecule has 0 spiro atoms. The second-order valence-corrected chi connectivity index (χ2v) is 3.51. The molecule has 0 saturated carbocycles. The van der Waals surface area contributed by atoms with E-state index in [1.165, 1.54) is 6.20 Å². The van der Waals surface area contributed by atoms with Gasteiger partial charge in [-0.05, 0) is 0 Å². The van der Waals surface area contributed by atoms with Crippen LogP contribution in [0.1, 0.15) is 0 Å². The zero-order valence-electron chi connectivity index (χ0n) is 9.42. The molecule has 1 aliphatic heterocycles. The number of rotatable bonds is 3. The van der Waals surface area contributed by atoms with E-state index in [9.17, 15) is 10.1 Å². The first-order valence-corrected chi connectivity index (χ1v) is 5.24. The van der Waals surface area contributed by atoms with Crippen molar-refractivity contribution in [1.29, 1.82) is 0 Å². The number of nitro groups is 1. The molecule has 8 heteroatoms. The maximum Gasteiger partial charge on any atom is 0.329 e. The highest BCUT2D eigenvalue weighted by molar-refractivity contribution is 5.59. The van der Waals surface area contributed by atoms with Crippen LogP contribution in [0, 0.1) is 10.1 Å². The molecule has 0 radical (unpaired) electrons. The molecular weight excluding hydrogens is 226 g/mol. The van der Waals surface area contributed by atoms with Crippen LogP contribution in [-0.2, 0) is 4.74 Å². The Labute approximate surface area is 97.8 Å². The molecule has 17 heavy (non-hydrogen) atoms. The van der Waals surface area contributed by atoms with Crippen molar-refractivity contribution < 1.29 is 9.66 Å². The molecule has 0 bridgehead atoms. The van der Waals surface area contributed by atoms with Crippen molar-refractivity contribution in [2.24, 2.45) is 0 Å². The summed E-state index contributed by atoms with van der Waals surface area (Å²) in [6.45, 7) is 2.30. The highest BCUT2D eigenvalue weighted by atomic mass is 16.6. The molecule has 0 aliphatic carbocycles. The summed E-state index contributed by atoms with van der Waals surface area (Å²) in [5.74, 6) is 0.717. The van der Waals surface area contributed by atoms with Gasteiger partial charge in [0.1, 0.15) is 6.20 Å². The lowest BCUT2D eigenvalue weighted by atomic mass is 10.3.